The van der Waals surface area contributed by atoms with E-state index in [1.807, 2.05) is 0 Å². The fourth-order valence-electron chi connectivity index (χ4n) is 2.80. The fourth-order valence-corrected chi connectivity index (χ4v) is 4.19. The van der Waals surface area contributed by atoms with Crippen molar-refractivity contribution >= 4 is 31.9 Å². The number of rotatable bonds is 5. The summed E-state index contributed by atoms with van der Waals surface area (Å²) < 4.78 is 2.28. The lowest BCUT2D eigenvalue weighted by Gasteiger charge is -2.22. The molecule has 1 aliphatic rings. The molecule has 1 aromatic rings. The van der Waals surface area contributed by atoms with Crippen LogP contribution in [0, 0.1) is 5.92 Å². The van der Waals surface area contributed by atoms with Crippen LogP contribution in [0.1, 0.15) is 38.8 Å². The van der Waals surface area contributed by atoms with Gasteiger partial charge in [0.15, 0.2) is 0 Å². The van der Waals surface area contributed by atoms with Gasteiger partial charge in [0.05, 0.1) is 0 Å². The zero-order chi connectivity index (χ0) is 14.7. The first-order valence-corrected chi connectivity index (χ1v) is 8.98. The second kappa shape index (κ2) is 7.39. The molecule has 4 heteroatoms. The molecule has 2 rings (SSSR count). The van der Waals surface area contributed by atoms with Crippen LogP contribution in [0.2, 0.25) is 0 Å². The Morgan fingerprint density at radius 1 is 1.30 bits per heavy atom. The Morgan fingerprint density at radius 3 is 2.65 bits per heavy atom. The van der Waals surface area contributed by atoms with E-state index in [1.165, 1.54) is 29.5 Å². The number of nitrogens with zero attached hydrogens (tertiary/aromatic N) is 1. The first kappa shape index (κ1) is 16.5. The van der Waals surface area contributed by atoms with Gasteiger partial charge in [-0.1, -0.05) is 37.9 Å². The van der Waals surface area contributed by atoms with Gasteiger partial charge >= 0.3 is 0 Å². The van der Waals surface area contributed by atoms with Crippen LogP contribution >= 0.6 is 31.9 Å². The maximum absolute atomic E-state index is 3.69. The Morgan fingerprint density at radius 2 is 2.05 bits per heavy atom. The zero-order valence-corrected chi connectivity index (χ0v) is 15.7. The van der Waals surface area contributed by atoms with Gasteiger partial charge in [0, 0.05) is 27.6 Å². The van der Waals surface area contributed by atoms with E-state index in [-0.39, 0.29) is 0 Å². The molecule has 0 aromatic heterocycles. The molecule has 1 N–H and O–H groups in total. The third-order valence-electron chi connectivity index (χ3n) is 4.19. The highest BCUT2D eigenvalue weighted by Crippen LogP contribution is 2.27. The summed E-state index contributed by atoms with van der Waals surface area (Å²) >= 11 is 7.15. The highest BCUT2D eigenvalue weighted by atomic mass is 79.9. The topological polar surface area (TPSA) is 15.3 Å². The molecule has 1 aromatic carbocycles. The van der Waals surface area contributed by atoms with Crippen molar-refractivity contribution in [1.29, 1.82) is 0 Å². The van der Waals surface area contributed by atoms with Crippen LogP contribution in [-0.2, 0) is 0 Å². The molecule has 2 unspecified atom stereocenters. The molecule has 2 atom stereocenters. The molecule has 0 saturated carbocycles. The normalized spacial score (nSPS) is 21.6. The number of benzene rings is 1. The summed E-state index contributed by atoms with van der Waals surface area (Å²) in [5, 5.41) is 3.69. The van der Waals surface area contributed by atoms with Crippen molar-refractivity contribution in [2.75, 3.05) is 19.6 Å². The van der Waals surface area contributed by atoms with E-state index >= 15 is 0 Å². The monoisotopic (exact) mass is 402 g/mol. The van der Waals surface area contributed by atoms with Crippen LogP contribution < -0.4 is 5.32 Å². The van der Waals surface area contributed by atoms with Gasteiger partial charge in [-0.15, -0.1) is 0 Å². The minimum atomic E-state index is 0.380. The molecule has 112 valence electrons. The molecule has 0 bridgehead atoms. The molecule has 0 radical (unpaired) electrons. The van der Waals surface area contributed by atoms with Gasteiger partial charge in [-0.3, -0.25) is 0 Å². The summed E-state index contributed by atoms with van der Waals surface area (Å²) in [5.74, 6) is 0.786. The molecule has 0 amide bonds. The van der Waals surface area contributed by atoms with Gasteiger partial charge in [-0.2, -0.15) is 0 Å². The number of halogens is 2. The van der Waals surface area contributed by atoms with Gasteiger partial charge in [0.25, 0.3) is 0 Å². The van der Waals surface area contributed by atoms with Crippen molar-refractivity contribution in [2.24, 2.45) is 5.92 Å². The van der Waals surface area contributed by atoms with E-state index in [1.54, 1.807) is 0 Å². The standard InChI is InChI=1S/C16H24Br2N2/c1-11(2)20-7-6-13(10-20)9-19-12(3)15-5-4-14(17)8-16(15)18/h4-5,8,11-13,19H,6-7,9-10H2,1-3H3. The lowest BCUT2D eigenvalue weighted by atomic mass is 10.1. The van der Waals surface area contributed by atoms with Crippen molar-refractivity contribution in [2.45, 2.75) is 39.3 Å². The lowest BCUT2D eigenvalue weighted by Crippen LogP contribution is -2.31. The Kier molecular flexibility index (Phi) is 6.09. The van der Waals surface area contributed by atoms with E-state index in [0.717, 1.165) is 16.9 Å². The summed E-state index contributed by atoms with van der Waals surface area (Å²) in [7, 11) is 0. The Labute approximate surface area is 139 Å². The molecule has 0 spiro atoms. The van der Waals surface area contributed by atoms with E-state index in [2.05, 4.69) is 81.0 Å². The summed E-state index contributed by atoms with van der Waals surface area (Å²) in [6.45, 7) is 10.4. The molecular formula is C16H24Br2N2. The summed E-state index contributed by atoms with van der Waals surface area (Å²) in [5.41, 5.74) is 1.33. The minimum Gasteiger partial charge on any atom is -0.310 e. The van der Waals surface area contributed by atoms with Crippen molar-refractivity contribution in [3.63, 3.8) is 0 Å². The Bertz CT molecular complexity index is 448. The lowest BCUT2D eigenvalue weighted by molar-refractivity contribution is 0.263. The number of hydrogen-bond donors (Lipinski definition) is 1. The Balaban J connectivity index is 1.85. The maximum atomic E-state index is 3.69. The highest BCUT2D eigenvalue weighted by Gasteiger charge is 2.24. The van der Waals surface area contributed by atoms with Gasteiger partial charge < -0.3 is 10.2 Å². The van der Waals surface area contributed by atoms with E-state index in [0.29, 0.717) is 12.1 Å². The first-order chi connectivity index (χ1) is 9.47. The van der Waals surface area contributed by atoms with Gasteiger partial charge in [-0.25, -0.2) is 0 Å². The van der Waals surface area contributed by atoms with Gasteiger partial charge in [-0.05, 0) is 63.9 Å². The molecule has 2 nitrogen and oxygen atoms in total. The van der Waals surface area contributed by atoms with E-state index in [9.17, 15) is 0 Å². The van der Waals surface area contributed by atoms with E-state index < -0.39 is 0 Å². The molecular weight excluding hydrogens is 380 g/mol. The highest BCUT2D eigenvalue weighted by molar-refractivity contribution is 9.11. The average molecular weight is 404 g/mol. The maximum Gasteiger partial charge on any atom is 0.0303 e. The first-order valence-electron chi connectivity index (χ1n) is 7.39. The van der Waals surface area contributed by atoms with Gasteiger partial charge in [0.1, 0.15) is 0 Å². The number of hydrogen-bond acceptors (Lipinski definition) is 2. The second-order valence-electron chi connectivity index (χ2n) is 6.04. The SMILES string of the molecule is CC(NCC1CCN(C(C)C)C1)c1ccc(Br)cc1Br. The Hall–Kier alpha value is 0.1000. The van der Waals surface area contributed by atoms with Crippen LogP contribution in [0.5, 0.6) is 0 Å². The minimum absolute atomic E-state index is 0.380. The van der Waals surface area contributed by atoms with E-state index in [4.69, 9.17) is 0 Å². The largest absolute Gasteiger partial charge is 0.310 e. The molecule has 1 aliphatic heterocycles. The van der Waals surface area contributed by atoms with Crippen LogP contribution in [0.15, 0.2) is 27.1 Å². The van der Waals surface area contributed by atoms with Crippen molar-refractivity contribution in [1.82, 2.24) is 10.2 Å². The quantitative estimate of drug-likeness (QED) is 0.773. The molecule has 1 heterocycles. The predicted molar refractivity (Wildman–Crippen MR) is 93.1 cm³/mol. The smallest absolute Gasteiger partial charge is 0.0303 e. The third-order valence-corrected chi connectivity index (χ3v) is 5.37. The van der Waals surface area contributed by atoms with Crippen molar-refractivity contribution in [3.05, 3.63) is 32.7 Å². The predicted octanol–water partition coefficient (Wildman–Crippen LogP) is 4.59. The second-order valence-corrected chi connectivity index (χ2v) is 7.81. The molecule has 0 aliphatic carbocycles. The van der Waals surface area contributed by atoms with Crippen LogP contribution in [0.4, 0.5) is 0 Å². The summed E-state index contributed by atoms with van der Waals surface area (Å²) in [6, 6.07) is 7.46. The molecule has 1 fully saturated rings. The fraction of sp³-hybridized carbons (Fsp3) is 0.625. The molecule has 1 saturated heterocycles. The zero-order valence-electron chi connectivity index (χ0n) is 12.5. The average Bonchev–Trinajstić information content (AvgIpc) is 2.85. The summed E-state index contributed by atoms with van der Waals surface area (Å²) in [4.78, 5) is 2.58. The number of nitrogens with one attached hydrogen (secondary N) is 1. The van der Waals surface area contributed by atoms with Crippen LogP contribution in [0.25, 0.3) is 0 Å². The summed E-state index contributed by atoms with van der Waals surface area (Å²) in [6.07, 6.45) is 1.32. The van der Waals surface area contributed by atoms with Crippen LogP contribution in [-0.4, -0.2) is 30.6 Å². The van der Waals surface area contributed by atoms with Crippen molar-refractivity contribution < 1.29 is 0 Å². The van der Waals surface area contributed by atoms with Crippen molar-refractivity contribution in [3.8, 4) is 0 Å². The van der Waals surface area contributed by atoms with Crippen LogP contribution in [0.3, 0.4) is 0 Å². The number of likely N-dealkylation sites (tertiary alicyclic amines) is 1. The molecule has 20 heavy (non-hydrogen) atoms. The third kappa shape index (κ3) is 4.30. The van der Waals surface area contributed by atoms with Gasteiger partial charge in [0.2, 0.25) is 0 Å².